The van der Waals surface area contributed by atoms with Crippen molar-refractivity contribution in [2.75, 3.05) is 12.4 Å². The number of nitrogens with one attached hydrogen (secondary N) is 1. The van der Waals surface area contributed by atoms with Gasteiger partial charge in [0.1, 0.15) is 11.1 Å². The summed E-state index contributed by atoms with van der Waals surface area (Å²) in [5.41, 5.74) is 0.928. The van der Waals surface area contributed by atoms with E-state index in [-0.39, 0.29) is 23.8 Å². The summed E-state index contributed by atoms with van der Waals surface area (Å²) in [5, 5.41) is 11.3. The number of hydrogen-bond donors (Lipinski definition) is 2. The summed E-state index contributed by atoms with van der Waals surface area (Å²) < 4.78 is 13.3. The fourth-order valence-electron chi connectivity index (χ4n) is 2.53. The van der Waals surface area contributed by atoms with Gasteiger partial charge in [-0.1, -0.05) is 17.8 Å². The fourth-order valence-corrected chi connectivity index (χ4v) is 3.68. The predicted octanol–water partition coefficient (Wildman–Crippen LogP) is 3.11. The zero-order valence-electron chi connectivity index (χ0n) is 14.8. The largest absolute Gasteiger partial charge is 0.478 e. The number of aromatic carboxylic acids is 1. The van der Waals surface area contributed by atoms with Crippen LogP contribution >= 0.6 is 11.8 Å². The Morgan fingerprint density at radius 3 is 2.61 bits per heavy atom. The summed E-state index contributed by atoms with van der Waals surface area (Å²) in [5.74, 6) is -2.13. The van der Waals surface area contributed by atoms with E-state index < -0.39 is 17.0 Å². The summed E-state index contributed by atoms with van der Waals surface area (Å²) in [6.07, 6.45) is -0.0727. The van der Waals surface area contributed by atoms with Crippen LogP contribution in [0.1, 0.15) is 16.8 Å². The van der Waals surface area contributed by atoms with Crippen LogP contribution in [-0.2, 0) is 9.59 Å². The van der Waals surface area contributed by atoms with Crippen molar-refractivity contribution in [2.24, 2.45) is 4.99 Å². The predicted molar refractivity (Wildman–Crippen MR) is 104 cm³/mol. The standard InChI is InChI=1S/C19H16FN3O4S/c1-23-17(25)15(28-19(23)22-14-4-2-3-12(20)9-14)10-16(24)21-13-7-5-11(6-8-13)18(26)27/h2-9,15H,10H2,1H3,(H,21,24)(H,26,27)/t15-/m0/s1. The molecule has 0 aliphatic carbocycles. The molecule has 2 aromatic rings. The van der Waals surface area contributed by atoms with Gasteiger partial charge in [0, 0.05) is 19.2 Å². The highest BCUT2D eigenvalue weighted by Crippen LogP contribution is 2.30. The van der Waals surface area contributed by atoms with E-state index in [1.54, 1.807) is 13.1 Å². The van der Waals surface area contributed by atoms with E-state index in [1.807, 2.05) is 0 Å². The number of benzene rings is 2. The van der Waals surface area contributed by atoms with Gasteiger partial charge in [0.25, 0.3) is 0 Å². The zero-order chi connectivity index (χ0) is 20.3. The smallest absolute Gasteiger partial charge is 0.335 e. The lowest BCUT2D eigenvalue weighted by Crippen LogP contribution is -2.30. The maximum Gasteiger partial charge on any atom is 0.335 e. The number of anilines is 1. The maximum absolute atomic E-state index is 13.3. The zero-order valence-corrected chi connectivity index (χ0v) is 15.6. The molecule has 1 aliphatic rings. The van der Waals surface area contributed by atoms with Crippen molar-refractivity contribution in [1.29, 1.82) is 0 Å². The Labute approximate surface area is 164 Å². The van der Waals surface area contributed by atoms with E-state index in [9.17, 15) is 18.8 Å². The number of aliphatic imine (C=N–C) groups is 1. The van der Waals surface area contributed by atoms with E-state index in [2.05, 4.69) is 10.3 Å². The second-order valence-electron chi connectivity index (χ2n) is 6.01. The minimum absolute atomic E-state index is 0.0727. The van der Waals surface area contributed by atoms with E-state index in [0.29, 0.717) is 16.5 Å². The monoisotopic (exact) mass is 401 g/mol. The summed E-state index contributed by atoms with van der Waals surface area (Å²) in [4.78, 5) is 41.1. The van der Waals surface area contributed by atoms with E-state index >= 15 is 0 Å². The number of carboxylic acids is 1. The summed E-state index contributed by atoms with van der Waals surface area (Å²) in [7, 11) is 1.55. The number of amides is 2. The molecule has 0 radical (unpaired) electrons. The molecule has 1 fully saturated rings. The molecular weight excluding hydrogens is 385 g/mol. The molecule has 7 nitrogen and oxygen atoms in total. The SMILES string of the molecule is CN1C(=O)[C@H](CC(=O)Nc2ccc(C(=O)O)cc2)SC1=Nc1cccc(F)c1. The first-order chi connectivity index (χ1) is 13.3. The molecule has 0 unspecified atom stereocenters. The van der Waals surface area contributed by atoms with Gasteiger partial charge in [0.15, 0.2) is 5.17 Å². The molecule has 1 heterocycles. The molecule has 28 heavy (non-hydrogen) atoms. The molecule has 2 amide bonds. The summed E-state index contributed by atoms with van der Waals surface area (Å²) >= 11 is 1.14. The fraction of sp³-hybridized carbons (Fsp3) is 0.158. The number of carboxylic acid groups (broad SMARTS) is 1. The van der Waals surface area contributed by atoms with E-state index in [4.69, 9.17) is 5.11 Å². The Hall–Kier alpha value is -3.20. The lowest BCUT2D eigenvalue weighted by Gasteiger charge is -2.09. The van der Waals surface area contributed by atoms with Gasteiger partial charge in [-0.3, -0.25) is 14.5 Å². The van der Waals surface area contributed by atoms with Crippen LogP contribution in [0.5, 0.6) is 0 Å². The van der Waals surface area contributed by atoms with Crippen LogP contribution in [-0.4, -0.2) is 45.3 Å². The molecular formula is C19H16FN3O4S. The number of nitrogens with zero attached hydrogens (tertiary/aromatic N) is 2. The molecule has 1 atom stereocenters. The number of rotatable bonds is 5. The number of amidine groups is 1. The Kier molecular flexibility index (Phi) is 5.74. The van der Waals surface area contributed by atoms with Gasteiger partial charge in [-0.25, -0.2) is 14.2 Å². The number of hydrogen-bond acceptors (Lipinski definition) is 5. The third-order valence-corrected chi connectivity index (χ3v) is 5.19. The first kappa shape index (κ1) is 19.6. The lowest BCUT2D eigenvalue weighted by atomic mass is 10.2. The van der Waals surface area contributed by atoms with Crippen LogP contribution in [0.3, 0.4) is 0 Å². The number of carbonyl (C=O) groups excluding carboxylic acids is 2. The quantitative estimate of drug-likeness (QED) is 0.802. The van der Waals surface area contributed by atoms with Crippen LogP contribution in [0, 0.1) is 5.82 Å². The first-order valence-corrected chi connectivity index (χ1v) is 9.13. The van der Waals surface area contributed by atoms with E-state index in [0.717, 1.165) is 11.8 Å². The maximum atomic E-state index is 13.3. The van der Waals surface area contributed by atoms with E-state index in [1.165, 1.54) is 47.4 Å². The number of thioether (sulfide) groups is 1. The van der Waals surface area contributed by atoms with Crippen LogP contribution in [0.4, 0.5) is 15.8 Å². The van der Waals surface area contributed by atoms with Crippen molar-refractivity contribution >= 4 is 46.1 Å². The number of halogens is 1. The molecule has 1 aliphatic heterocycles. The van der Waals surface area contributed by atoms with Gasteiger partial charge in [-0.2, -0.15) is 0 Å². The normalized spacial score (nSPS) is 17.8. The highest BCUT2D eigenvalue weighted by molar-refractivity contribution is 8.15. The minimum Gasteiger partial charge on any atom is -0.478 e. The Morgan fingerprint density at radius 1 is 1.25 bits per heavy atom. The highest BCUT2D eigenvalue weighted by Gasteiger charge is 2.37. The molecule has 0 aromatic heterocycles. The Balaban J connectivity index is 1.64. The lowest BCUT2D eigenvalue weighted by molar-refractivity contribution is -0.127. The second-order valence-corrected chi connectivity index (χ2v) is 7.18. The van der Waals surface area contributed by atoms with Crippen molar-refractivity contribution in [1.82, 2.24) is 4.90 Å². The average Bonchev–Trinajstić information content (AvgIpc) is 2.90. The molecule has 1 saturated heterocycles. The van der Waals surface area contributed by atoms with Crippen LogP contribution in [0.15, 0.2) is 53.5 Å². The van der Waals surface area contributed by atoms with Gasteiger partial charge in [0.05, 0.1) is 11.3 Å². The van der Waals surface area contributed by atoms with Crippen LogP contribution < -0.4 is 5.32 Å². The van der Waals surface area contributed by atoms with Crippen molar-refractivity contribution in [3.8, 4) is 0 Å². The van der Waals surface area contributed by atoms with Crippen LogP contribution in [0.25, 0.3) is 0 Å². The molecule has 2 aromatic carbocycles. The molecule has 0 bridgehead atoms. The summed E-state index contributed by atoms with van der Waals surface area (Å²) in [6.45, 7) is 0. The topological polar surface area (TPSA) is 99.1 Å². The van der Waals surface area contributed by atoms with Gasteiger partial charge < -0.3 is 10.4 Å². The van der Waals surface area contributed by atoms with Crippen molar-refractivity contribution < 1.29 is 23.9 Å². The molecule has 9 heteroatoms. The molecule has 0 saturated carbocycles. The summed E-state index contributed by atoms with van der Waals surface area (Å²) in [6, 6.07) is 11.4. The van der Waals surface area contributed by atoms with Gasteiger partial charge >= 0.3 is 5.97 Å². The minimum atomic E-state index is -1.06. The third kappa shape index (κ3) is 4.55. The number of carbonyl (C=O) groups is 3. The van der Waals surface area contributed by atoms with Gasteiger partial charge in [0.2, 0.25) is 11.8 Å². The Bertz CT molecular complexity index is 962. The molecule has 0 spiro atoms. The van der Waals surface area contributed by atoms with Crippen molar-refractivity contribution in [3.63, 3.8) is 0 Å². The van der Waals surface area contributed by atoms with Crippen molar-refractivity contribution in [3.05, 3.63) is 59.9 Å². The average molecular weight is 401 g/mol. The first-order valence-electron chi connectivity index (χ1n) is 8.25. The second kappa shape index (κ2) is 8.22. The van der Waals surface area contributed by atoms with Crippen molar-refractivity contribution in [2.45, 2.75) is 11.7 Å². The molecule has 144 valence electrons. The third-order valence-electron chi connectivity index (χ3n) is 3.96. The molecule has 3 rings (SSSR count). The van der Waals surface area contributed by atoms with Crippen LogP contribution in [0.2, 0.25) is 0 Å². The molecule has 2 N–H and O–H groups in total. The Morgan fingerprint density at radius 2 is 1.96 bits per heavy atom. The van der Waals surface area contributed by atoms with Gasteiger partial charge in [-0.15, -0.1) is 0 Å². The highest BCUT2D eigenvalue weighted by atomic mass is 32.2. The van der Waals surface area contributed by atoms with Gasteiger partial charge in [-0.05, 0) is 42.5 Å².